The van der Waals surface area contributed by atoms with Crippen molar-refractivity contribution in [2.24, 2.45) is 29.6 Å². The third-order valence-corrected chi connectivity index (χ3v) is 6.65. The Morgan fingerprint density at radius 1 is 1.36 bits per heavy atom. The van der Waals surface area contributed by atoms with Crippen molar-refractivity contribution in [3.63, 3.8) is 0 Å². The minimum absolute atomic E-state index is 0.0878. The van der Waals surface area contributed by atoms with Gasteiger partial charge in [-0.2, -0.15) is 4.98 Å². The highest BCUT2D eigenvalue weighted by molar-refractivity contribution is 6.28. The molecule has 7 heteroatoms. The molecule has 4 saturated carbocycles. The van der Waals surface area contributed by atoms with Crippen LogP contribution in [0.25, 0.3) is 11.0 Å². The van der Waals surface area contributed by atoms with E-state index in [-0.39, 0.29) is 29.0 Å². The van der Waals surface area contributed by atoms with Crippen molar-refractivity contribution < 1.29 is 13.9 Å². The quantitative estimate of drug-likeness (QED) is 0.617. The molecule has 6 atom stereocenters. The number of esters is 1. The van der Waals surface area contributed by atoms with Gasteiger partial charge >= 0.3 is 5.97 Å². The molecule has 0 aliphatic heterocycles. The van der Waals surface area contributed by atoms with Crippen molar-refractivity contribution >= 4 is 28.6 Å². The summed E-state index contributed by atoms with van der Waals surface area (Å²) in [5.41, 5.74) is 0.474. The van der Waals surface area contributed by atoms with E-state index < -0.39 is 0 Å². The third kappa shape index (κ3) is 2.16. The number of fused-ring (bicyclic) bond motifs is 3. The fourth-order valence-electron chi connectivity index (χ4n) is 5.55. The minimum atomic E-state index is -0.372. The molecule has 0 unspecified atom stereocenters. The van der Waals surface area contributed by atoms with Gasteiger partial charge in [-0.15, -0.1) is 0 Å². The van der Waals surface area contributed by atoms with Gasteiger partial charge in [-0.05, 0) is 61.5 Å². The van der Waals surface area contributed by atoms with Crippen LogP contribution in [0.5, 0.6) is 0 Å². The van der Waals surface area contributed by atoms with Gasteiger partial charge in [0.15, 0.2) is 5.82 Å². The van der Waals surface area contributed by atoms with E-state index in [0.717, 1.165) is 12.8 Å². The standard InChI is InChI=1S/C18H19ClFN3O2/c1-2-25-17(24)14-8-3-4-9(11-5-10(8)11)15(14)23-7-13(20)12-6-21-18(19)22-16(12)23/h6-11,14-15H,2-5H2,1H3/t8-,9+,10-,11+,14-,15-/m0/s1. The molecule has 6 rings (SSSR count). The van der Waals surface area contributed by atoms with Crippen molar-refractivity contribution in [3.05, 3.63) is 23.5 Å². The molecule has 5 nitrogen and oxygen atoms in total. The van der Waals surface area contributed by atoms with Crippen molar-refractivity contribution in [3.8, 4) is 0 Å². The first kappa shape index (κ1) is 15.6. The molecule has 2 heterocycles. The Kier molecular flexibility index (Phi) is 3.36. The zero-order valence-corrected chi connectivity index (χ0v) is 14.6. The van der Waals surface area contributed by atoms with Crippen LogP contribution in [0, 0.1) is 35.4 Å². The zero-order chi connectivity index (χ0) is 17.3. The van der Waals surface area contributed by atoms with Gasteiger partial charge < -0.3 is 9.30 Å². The maximum absolute atomic E-state index is 14.5. The van der Waals surface area contributed by atoms with Crippen LogP contribution >= 0.6 is 11.6 Å². The van der Waals surface area contributed by atoms with Gasteiger partial charge in [-0.3, -0.25) is 4.79 Å². The Hall–Kier alpha value is -1.69. The van der Waals surface area contributed by atoms with Gasteiger partial charge in [0, 0.05) is 12.4 Å². The summed E-state index contributed by atoms with van der Waals surface area (Å²) in [5.74, 6) is 1.22. The number of hydrogen-bond acceptors (Lipinski definition) is 4. The fraction of sp³-hybridized carbons (Fsp3) is 0.611. The summed E-state index contributed by atoms with van der Waals surface area (Å²) in [7, 11) is 0. The molecule has 25 heavy (non-hydrogen) atoms. The highest BCUT2D eigenvalue weighted by atomic mass is 35.5. The van der Waals surface area contributed by atoms with Crippen LogP contribution in [-0.2, 0) is 9.53 Å². The lowest BCUT2D eigenvalue weighted by molar-refractivity contribution is -0.158. The van der Waals surface area contributed by atoms with Crippen LogP contribution in [0.2, 0.25) is 5.28 Å². The van der Waals surface area contributed by atoms with E-state index in [0.29, 0.717) is 41.3 Å². The van der Waals surface area contributed by atoms with Crippen molar-refractivity contribution in [1.29, 1.82) is 0 Å². The van der Waals surface area contributed by atoms with E-state index in [4.69, 9.17) is 16.3 Å². The number of ether oxygens (including phenoxy) is 1. The van der Waals surface area contributed by atoms with E-state index >= 15 is 0 Å². The average Bonchev–Trinajstić information content (AvgIpc) is 3.36. The Bertz CT molecular complexity index is 869. The largest absolute Gasteiger partial charge is 0.466 e. The summed E-state index contributed by atoms with van der Waals surface area (Å²) in [4.78, 5) is 20.9. The highest BCUT2D eigenvalue weighted by Crippen LogP contribution is 2.67. The van der Waals surface area contributed by atoms with E-state index in [9.17, 15) is 9.18 Å². The van der Waals surface area contributed by atoms with Gasteiger partial charge in [-0.1, -0.05) is 0 Å². The summed E-state index contributed by atoms with van der Waals surface area (Å²) in [6.07, 6.45) is 6.19. The Balaban J connectivity index is 1.66. The molecule has 0 radical (unpaired) electrons. The van der Waals surface area contributed by atoms with Gasteiger partial charge in [-0.25, -0.2) is 9.37 Å². The van der Waals surface area contributed by atoms with Crippen LogP contribution in [0.1, 0.15) is 32.2 Å². The van der Waals surface area contributed by atoms with Crippen molar-refractivity contribution in [1.82, 2.24) is 14.5 Å². The summed E-state index contributed by atoms with van der Waals surface area (Å²) >= 11 is 5.95. The number of aromatic nitrogens is 3. The molecule has 132 valence electrons. The highest BCUT2D eigenvalue weighted by Gasteiger charge is 2.64. The number of rotatable bonds is 3. The molecule has 4 fully saturated rings. The predicted octanol–water partition coefficient (Wildman–Crippen LogP) is 3.62. The SMILES string of the molecule is CCOC(=O)[C@H]1[C@H]2CC[C@H]([C@H]3C[C@H]32)[C@@H]1n1cc(F)c2cnc(Cl)nc21. The molecule has 0 N–H and O–H groups in total. The fourth-order valence-corrected chi connectivity index (χ4v) is 5.68. The van der Waals surface area contributed by atoms with E-state index in [1.165, 1.54) is 18.8 Å². The average molecular weight is 364 g/mol. The smallest absolute Gasteiger partial charge is 0.311 e. The molecule has 0 aromatic carbocycles. The first-order valence-electron chi connectivity index (χ1n) is 8.95. The summed E-state index contributed by atoms with van der Waals surface area (Å²) in [6.45, 7) is 2.19. The van der Waals surface area contributed by atoms with Crippen LogP contribution in [0.3, 0.4) is 0 Å². The van der Waals surface area contributed by atoms with Crippen LogP contribution in [0.15, 0.2) is 12.4 Å². The molecule has 2 aromatic heterocycles. The Labute approximate surface area is 149 Å². The number of hydrogen-bond donors (Lipinski definition) is 0. The maximum atomic E-state index is 14.5. The number of nitrogens with zero attached hydrogens (tertiary/aromatic N) is 3. The summed E-state index contributed by atoms with van der Waals surface area (Å²) in [6, 6.07) is -0.112. The van der Waals surface area contributed by atoms with Crippen molar-refractivity contribution in [2.45, 2.75) is 32.2 Å². The molecule has 0 amide bonds. The van der Waals surface area contributed by atoms with E-state index in [2.05, 4.69) is 9.97 Å². The summed E-state index contributed by atoms with van der Waals surface area (Å²) in [5, 5.41) is 0.436. The topological polar surface area (TPSA) is 57.0 Å². The van der Waals surface area contributed by atoms with Gasteiger partial charge in [0.2, 0.25) is 5.28 Å². The molecule has 2 aromatic rings. The Morgan fingerprint density at radius 2 is 2.12 bits per heavy atom. The second-order valence-corrected chi connectivity index (χ2v) is 7.84. The summed E-state index contributed by atoms with van der Waals surface area (Å²) < 4.78 is 21.7. The van der Waals surface area contributed by atoms with E-state index in [1.807, 2.05) is 11.5 Å². The van der Waals surface area contributed by atoms with Crippen molar-refractivity contribution in [2.75, 3.05) is 6.61 Å². The maximum Gasteiger partial charge on any atom is 0.311 e. The molecule has 0 spiro atoms. The first-order valence-corrected chi connectivity index (χ1v) is 9.33. The normalized spacial score (nSPS) is 35.6. The zero-order valence-electron chi connectivity index (χ0n) is 13.9. The first-order chi connectivity index (χ1) is 12.1. The molecular weight excluding hydrogens is 345 g/mol. The minimum Gasteiger partial charge on any atom is -0.466 e. The van der Waals surface area contributed by atoms with Crippen LogP contribution < -0.4 is 0 Å². The number of halogens is 2. The lowest BCUT2D eigenvalue weighted by atomic mass is 9.61. The second-order valence-electron chi connectivity index (χ2n) is 7.50. The van der Waals surface area contributed by atoms with E-state index in [1.54, 1.807) is 0 Å². The van der Waals surface area contributed by atoms with Gasteiger partial charge in [0.25, 0.3) is 0 Å². The lowest BCUT2D eigenvalue weighted by Crippen LogP contribution is -2.47. The van der Waals surface area contributed by atoms with Crippen LogP contribution in [0.4, 0.5) is 4.39 Å². The number of carbonyl (C=O) groups excluding carboxylic acids is 1. The third-order valence-electron chi connectivity index (χ3n) is 6.47. The second kappa shape index (κ2) is 5.40. The lowest BCUT2D eigenvalue weighted by Gasteiger charge is -2.47. The van der Waals surface area contributed by atoms with Crippen LogP contribution in [-0.4, -0.2) is 27.1 Å². The number of carbonyl (C=O) groups is 1. The molecule has 2 bridgehead atoms. The van der Waals surface area contributed by atoms with Gasteiger partial charge in [0.05, 0.1) is 24.0 Å². The molecular formula is C18H19ClFN3O2. The molecule has 0 saturated heterocycles. The van der Waals surface area contributed by atoms with Gasteiger partial charge in [0.1, 0.15) is 5.65 Å². The molecule has 4 aliphatic rings. The Morgan fingerprint density at radius 3 is 2.92 bits per heavy atom. The monoisotopic (exact) mass is 363 g/mol. The predicted molar refractivity (Wildman–Crippen MR) is 89.5 cm³/mol. The molecule has 4 aliphatic carbocycles.